The summed E-state index contributed by atoms with van der Waals surface area (Å²) in [7, 11) is 0. The van der Waals surface area contributed by atoms with E-state index >= 15 is 0 Å². The quantitative estimate of drug-likeness (QED) is 0.846. The van der Waals surface area contributed by atoms with Gasteiger partial charge in [0, 0.05) is 12.1 Å². The second kappa shape index (κ2) is 6.13. The molecule has 0 saturated heterocycles. The van der Waals surface area contributed by atoms with E-state index in [4.69, 9.17) is 0 Å². The maximum Gasteiger partial charge on any atom is 0.246 e. The molecule has 0 saturated carbocycles. The molecule has 0 spiro atoms. The van der Waals surface area contributed by atoms with Crippen LogP contribution in [0.5, 0.6) is 0 Å². The maximum absolute atomic E-state index is 12.3. The van der Waals surface area contributed by atoms with Crippen molar-refractivity contribution in [3.05, 3.63) is 17.5 Å². The summed E-state index contributed by atoms with van der Waals surface area (Å²) < 4.78 is 0. The summed E-state index contributed by atoms with van der Waals surface area (Å²) >= 11 is 1.55. The Bertz CT molecular complexity index is 553. The number of rotatable bonds is 5. The lowest BCUT2D eigenvalue weighted by Crippen LogP contribution is -2.44. The lowest BCUT2D eigenvalue weighted by atomic mass is 10.2. The number of amides is 1. The number of hydrogen-bond donors (Lipinski definition) is 0. The van der Waals surface area contributed by atoms with Gasteiger partial charge in [-0.3, -0.25) is 4.79 Å². The van der Waals surface area contributed by atoms with E-state index in [1.165, 1.54) is 4.80 Å². The van der Waals surface area contributed by atoms with Crippen LogP contribution in [0.3, 0.4) is 0 Å². The molecule has 0 fully saturated rings. The summed E-state index contributed by atoms with van der Waals surface area (Å²) in [5.74, 6) is 0.568. The second-order valence-electron chi connectivity index (χ2n) is 5.11. The van der Waals surface area contributed by atoms with Gasteiger partial charge in [0.1, 0.15) is 6.54 Å². The maximum atomic E-state index is 12.3. The van der Waals surface area contributed by atoms with Crippen molar-refractivity contribution in [3.63, 3.8) is 0 Å². The molecule has 0 aromatic carbocycles. The zero-order valence-electron chi connectivity index (χ0n) is 12.1. The lowest BCUT2D eigenvalue weighted by Gasteiger charge is -2.30. The fourth-order valence-corrected chi connectivity index (χ4v) is 2.84. The molecular weight excluding hydrogens is 274 g/mol. The first kappa shape index (κ1) is 14.6. The Morgan fingerprint density at radius 2 is 2.05 bits per heavy atom. The van der Waals surface area contributed by atoms with Gasteiger partial charge in [0.25, 0.3) is 0 Å². The Hall–Kier alpha value is -1.76. The summed E-state index contributed by atoms with van der Waals surface area (Å²) in [6.07, 6.45) is 0. The number of thiophene rings is 1. The standard InChI is InChI=1S/C13H19N5OS/c1-9(2)18(10(3)4)12(19)8-17-15-13(14-16-17)11-6-5-7-20-11/h5-7,9-10H,8H2,1-4H3. The van der Waals surface area contributed by atoms with E-state index in [0.717, 1.165) is 4.88 Å². The number of tetrazole rings is 1. The van der Waals surface area contributed by atoms with Crippen LogP contribution in [-0.2, 0) is 11.3 Å². The minimum Gasteiger partial charge on any atom is -0.336 e. The fraction of sp³-hybridized carbons (Fsp3) is 0.538. The predicted octanol–water partition coefficient (Wildman–Crippen LogP) is 2.05. The molecule has 2 rings (SSSR count). The molecule has 108 valence electrons. The minimum absolute atomic E-state index is 0.00475. The van der Waals surface area contributed by atoms with Crippen LogP contribution in [0.4, 0.5) is 0 Å². The molecule has 2 aromatic rings. The molecule has 0 atom stereocenters. The van der Waals surface area contributed by atoms with Gasteiger partial charge in [-0.15, -0.1) is 21.5 Å². The Labute approximate surface area is 122 Å². The van der Waals surface area contributed by atoms with Gasteiger partial charge in [-0.2, -0.15) is 4.80 Å². The average molecular weight is 293 g/mol. The van der Waals surface area contributed by atoms with Gasteiger partial charge < -0.3 is 4.90 Å². The van der Waals surface area contributed by atoms with E-state index in [1.54, 1.807) is 11.3 Å². The average Bonchev–Trinajstić information content (AvgIpc) is 2.96. The van der Waals surface area contributed by atoms with Crippen molar-refractivity contribution in [1.29, 1.82) is 0 Å². The third kappa shape index (κ3) is 3.22. The summed E-state index contributed by atoms with van der Waals surface area (Å²) in [5.41, 5.74) is 0. The monoisotopic (exact) mass is 293 g/mol. The molecule has 0 unspecified atom stereocenters. The van der Waals surface area contributed by atoms with Crippen molar-refractivity contribution in [2.45, 2.75) is 46.3 Å². The van der Waals surface area contributed by atoms with Gasteiger partial charge in [0.15, 0.2) is 0 Å². The van der Waals surface area contributed by atoms with E-state index < -0.39 is 0 Å². The van der Waals surface area contributed by atoms with Crippen LogP contribution in [0.2, 0.25) is 0 Å². The highest BCUT2D eigenvalue weighted by Crippen LogP contribution is 2.19. The van der Waals surface area contributed by atoms with Crippen molar-refractivity contribution >= 4 is 17.2 Å². The largest absolute Gasteiger partial charge is 0.336 e. The highest BCUT2D eigenvalue weighted by Gasteiger charge is 2.21. The van der Waals surface area contributed by atoms with Crippen LogP contribution in [0.15, 0.2) is 17.5 Å². The second-order valence-corrected chi connectivity index (χ2v) is 6.06. The summed E-state index contributed by atoms with van der Waals surface area (Å²) in [5, 5.41) is 14.1. The van der Waals surface area contributed by atoms with Crippen molar-refractivity contribution in [1.82, 2.24) is 25.1 Å². The normalized spacial score (nSPS) is 11.3. The highest BCUT2D eigenvalue weighted by molar-refractivity contribution is 7.13. The van der Waals surface area contributed by atoms with Crippen LogP contribution in [0.25, 0.3) is 10.7 Å². The summed E-state index contributed by atoms with van der Waals surface area (Å²) in [6, 6.07) is 4.18. The van der Waals surface area contributed by atoms with Gasteiger partial charge in [0.05, 0.1) is 4.88 Å². The number of carbonyl (C=O) groups excluding carboxylic acids is 1. The van der Waals surface area contributed by atoms with Gasteiger partial charge >= 0.3 is 0 Å². The van der Waals surface area contributed by atoms with E-state index in [2.05, 4.69) is 15.4 Å². The predicted molar refractivity (Wildman–Crippen MR) is 78.2 cm³/mol. The molecular formula is C13H19N5OS. The molecule has 0 aliphatic carbocycles. The van der Waals surface area contributed by atoms with Gasteiger partial charge in [-0.05, 0) is 44.4 Å². The van der Waals surface area contributed by atoms with Gasteiger partial charge in [-0.25, -0.2) is 0 Å². The van der Waals surface area contributed by atoms with Crippen LogP contribution < -0.4 is 0 Å². The molecule has 2 heterocycles. The third-order valence-corrected chi connectivity index (χ3v) is 3.74. The highest BCUT2D eigenvalue weighted by atomic mass is 32.1. The van der Waals surface area contributed by atoms with E-state index in [1.807, 2.05) is 50.1 Å². The lowest BCUT2D eigenvalue weighted by molar-refractivity contribution is -0.135. The van der Waals surface area contributed by atoms with Gasteiger partial charge in [0.2, 0.25) is 11.7 Å². The van der Waals surface area contributed by atoms with E-state index in [-0.39, 0.29) is 24.5 Å². The van der Waals surface area contributed by atoms with Gasteiger partial charge in [-0.1, -0.05) is 6.07 Å². The number of nitrogens with zero attached hydrogens (tertiary/aromatic N) is 5. The SMILES string of the molecule is CC(C)N(C(=O)Cn1nnc(-c2cccs2)n1)C(C)C. The van der Waals surface area contributed by atoms with Crippen molar-refractivity contribution in [2.75, 3.05) is 0 Å². The van der Waals surface area contributed by atoms with Crippen molar-refractivity contribution in [3.8, 4) is 10.7 Å². The number of carbonyl (C=O) groups is 1. The first-order chi connectivity index (χ1) is 9.49. The van der Waals surface area contributed by atoms with Crippen LogP contribution in [0.1, 0.15) is 27.7 Å². The molecule has 0 radical (unpaired) electrons. The zero-order valence-corrected chi connectivity index (χ0v) is 13.0. The molecule has 1 amide bonds. The Morgan fingerprint density at radius 1 is 1.35 bits per heavy atom. The first-order valence-corrected chi connectivity index (χ1v) is 7.50. The smallest absolute Gasteiger partial charge is 0.246 e. The molecule has 2 aromatic heterocycles. The molecule has 0 aliphatic heterocycles. The molecule has 6 nitrogen and oxygen atoms in total. The summed E-state index contributed by atoms with van der Waals surface area (Å²) in [4.78, 5) is 16.4. The molecule has 0 N–H and O–H groups in total. The number of aromatic nitrogens is 4. The van der Waals surface area contributed by atoms with Crippen LogP contribution >= 0.6 is 11.3 Å². The van der Waals surface area contributed by atoms with E-state index in [0.29, 0.717) is 5.82 Å². The van der Waals surface area contributed by atoms with E-state index in [9.17, 15) is 4.79 Å². The fourth-order valence-electron chi connectivity index (χ4n) is 2.19. The molecule has 0 bridgehead atoms. The molecule has 7 heteroatoms. The zero-order chi connectivity index (χ0) is 14.7. The Morgan fingerprint density at radius 3 is 2.60 bits per heavy atom. The third-order valence-electron chi connectivity index (χ3n) is 2.87. The van der Waals surface area contributed by atoms with Crippen molar-refractivity contribution in [2.24, 2.45) is 0 Å². The summed E-state index contributed by atoms with van der Waals surface area (Å²) in [6.45, 7) is 8.13. The number of hydrogen-bond acceptors (Lipinski definition) is 5. The Balaban J connectivity index is 2.08. The Kier molecular flexibility index (Phi) is 4.49. The first-order valence-electron chi connectivity index (χ1n) is 6.62. The minimum atomic E-state index is 0.00475. The topological polar surface area (TPSA) is 63.9 Å². The molecule has 20 heavy (non-hydrogen) atoms. The molecule has 0 aliphatic rings. The van der Waals surface area contributed by atoms with Crippen LogP contribution in [0, 0.1) is 0 Å². The van der Waals surface area contributed by atoms with Crippen molar-refractivity contribution < 1.29 is 4.79 Å². The van der Waals surface area contributed by atoms with Crippen LogP contribution in [-0.4, -0.2) is 43.1 Å².